The first kappa shape index (κ1) is 73.2. The molecular weight excluding hydrogens is 1170 g/mol. The zero-order chi connectivity index (χ0) is 71.4. The van der Waals surface area contributed by atoms with E-state index in [1.807, 2.05) is 42.5 Å². The van der Waals surface area contributed by atoms with Crippen molar-refractivity contribution in [1.82, 2.24) is 0 Å². The fourth-order valence-electron chi connectivity index (χ4n) is 10.6. The molecule has 0 aliphatic carbocycles. The van der Waals surface area contributed by atoms with Crippen molar-refractivity contribution in [1.29, 1.82) is 0 Å². The maximum absolute atomic E-state index is 12.2. The zero-order valence-electron chi connectivity index (χ0n) is 62.8. The van der Waals surface area contributed by atoms with Crippen molar-refractivity contribution in [2.75, 3.05) is 0 Å². The van der Waals surface area contributed by atoms with E-state index in [1.54, 1.807) is 6.92 Å². The Kier molecular flexibility index (Phi) is 21.3. The minimum atomic E-state index is -0.0590. The Morgan fingerprint density at radius 2 is 0.309 bits per heavy atom. The molecule has 0 unspecified atom stereocenters. The van der Waals surface area contributed by atoms with Crippen LogP contribution in [0, 0.1) is 82.9 Å². The molecular formula is C96H100O. The summed E-state index contributed by atoms with van der Waals surface area (Å²) in [6.07, 6.45) is 0. The highest BCUT2D eigenvalue weighted by atomic mass is 16.1. The van der Waals surface area contributed by atoms with Crippen molar-refractivity contribution in [2.45, 2.75) is 216 Å². The first-order chi connectivity index (χ1) is 44.8. The van der Waals surface area contributed by atoms with Gasteiger partial charge in [0.25, 0.3) is 0 Å². The summed E-state index contributed by atoms with van der Waals surface area (Å²) < 4.78 is 0. The summed E-state index contributed by atoms with van der Waals surface area (Å²) in [6.45, 7) is 55.6. The molecule has 0 aliphatic rings. The second kappa shape index (κ2) is 28.2. The Balaban J connectivity index is 1.31. The lowest BCUT2D eigenvalue weighted by atomic mass is 9.79. The van der Waals surface area contributed by atoms with Gasteiger partial charge in [-0.3, -0.25) is 4.79 Å². The number of Topliss-reactive ketones (excluding diaryl/α,β-unsaturated/α-hetero) is 1. The Morgan fingerprint density at radius 3 is 0.433 bits per heavy atom. The first-order valence-corrected chi connectivity index (χ1v) is 34.1. The summed E-state index contributed by atoms with van der Waals surface area (Å²) in [5.74, 6) is 49.4. The molecule has 8 aromatic carbocycles. The maximum atomic E-state index is 12.2. The Hall–Kier alpha value is -9.65. The number of hydrogen-bond donors (Lipinski definition) is 0. The molecule has 8 rings (SSSR count). The fraction of sp³-hybridized carbons (Fsp3) is 0.344. The molecule has 97 heavy (non-hydrogen) atoms. The van der Waals surface area contributed by atoms with Crippen LogP contribution < -0.4 is 0 Å². The average molecular weight is 1270 g/mol. The van der Waals surface area contributed by atoms with Gasteiger partial charge in [0.05, 0.1) is 0 Å². The summed E-state index contributed by atoms with van der Waals surface area (Å²) in [5.41, 5.74) is 21.8. The molecule has 0 spiro atoms. The van der Waals surface area contributed by atoms with E-state index in [4.69, 9.17) is 0 Å². The first-order valence-electron chi connectivity index (χ1n) is 34.1. The number of rotatable bonds is 1. The molecule has 0 heterocycles. The topological polar surface area (TPSA) is 17.1 Å². The largest absolute Gasteiger partial charge is 0.295 e. The van der Waals surface area contributed by atoms with E-state index in [0.717, 1.165) is 77.9 Å². The van der Waals surface area contributed by atoms with Gasteiger partial charge in [0.15, 0.2) is 5.78 Å². The van der Waals surface area contributed by atoms with E-state index in [0.29, 0.717) is 5.56 Å². The summed E-state index contributed by atoms with van der Waals surface area (Å²) in [6, 6.07) is 52.9. The van der Waals surface area contributed by atoms with Crippen molar-refractivity contribution in [2.24, 2.45) is 0 Å². The molecule has 0 N–H and O–H groups in total. The van der Waals surface area contributed by atoms with E-state index < -0.39 is 0 Å². The van der Waals surface area contributed by atoms with Crippen LogP contribution in [-0.2, 0) is 43.3 Å². The standard InChI is InChI=1S/C96H100O/c1-65(97)80-42-40-66(41-43-80)26-27-67-44-68(28-30-70-47-72(32-36-76-53-81(89(2,3)4)61-82(54-76)90(5,6)7)51-73(48-70)33-37-77-55-83(91(8,9)10)62-84(56-77)92(11,12)13)46-69(45-67)29-31-71-49-74(34-38-78-57-85(93(14,15)16)63-86(58-78)94(17,18)19)52-75(50-71)35-39-79-59-87(95(20,21)22)64-88(60-79)96(23,24)25/h40-64H,1-25H3. The minimum Gasteiger partial charge on any atom is -0.295 e. The molecule has 1 nitrogen and oxygen atoms in total. The third-order valence-electron chi connectivity index (χ3n) is 17.2. The van der Waals surface area contributed by atoms with Crippen LogP contribution in [0.3, 0.4) is 0 Å². The summed E-state index contributed by atoms with van der Waals surface area (Å²) in [7, 11) is 0. The molecule has 490 valence electrons. The second-order valence-electron chi connectivity index (χ2n) is 34.5. The van der Waals surface area contributed by atoms with Gasteiger partial charge in [-0.05, 0) is 210 Å². The van der Waals surface area contributed by atoms with Gasteiger partial charge in [-0.2, -0.15) is 0 Å². The fourth-order valence-corrected chi connectivity index (χ4v) is 10.6. The van der Waals surface area contributed by atoms with Crippen molar-refractivity contribution >= 4 is 5.78 Å². The lowest BCUT2D eigenvalue weighted by Crippen LogP contribution is -2.16. The van der Waals surface area contributed by atoms with E-state index in [9.17, 15) is 4.79 Å². The summed E-state index contributed by atoms with van der Waals surface area (Å²) >= 11 is 0. The van der Waals surface area contributed by atoms with Crippen molar-refractivity contribution in [3.05, 3.63) is 280 Å². The second-order valence-corrected chi connectivity index (χ2v) is 34.5. The average Bonchev–Trinajstić information content (AvgIpc) is 0.843. The minimum absolute atomic E-state index is 0.00443. The maximum Gasteiger partial charge on any atom is 0.159 e. The third-order valence-corrected chi connectivity index (χ3v) is 17.2. The van der Waals surface area contributed by atoms with Gasteiger partial charge in [0.2, 0.25) is 0 Å². The van der Waals surface area contributed by atoms with Crippen molar-refractivity contribution in [3.8, 4) is 82.9 Å². The molecule has 0 saturated heterocycles. The Morgan fingerprint density at radius 1 is 0.186 bits per heavy atom. The van der Waals surface area contributed by atoms with Crippen LogP contribution >= 0.6 is 0 Å². The molecule has 0 fully saturated rings. The Labute approximate surface area is 586 Å². The van der Waals surface area contributed by atoms with Gasteiger partial charge in [-0.15, -0.1) is 0 Å². The molecule has 1 heteroatoms. The van der Waals surface area contributed by atoms with E-state index in [2.05, 4.69) is 358 Å². The van der Waals surface area contributed by atoms with Gasteiger partial charge in [0.1, 0.15) is 0 Å². The van der Waals surface area contributed by atoms with Crippen LogP contribution in [0.25, 0.3) is 0 Å². The molecule has 0 radical (unpaired) electrons. The number of hydrogen-bond acceptors (Lipinski definition) is 1. The summed E-state index contributed by atoms with van der Waals surface area (Å²) in [4.78, 5) is 12.2. The predicted octanol–water partition coefficient (Wildman–Crippen LogP) is 22.1. The molecule has 8 aromatic rings. The third kappa shape index (κ3) is 20.9. The van der Waals surface area contributed by atoms with Gasteiger partial charge in [-0.1, -0.05) is 285 Å². The van der Waals surface area contributed by atoms with Crippen LogP contribution in [0.4, 0.5) is 0 Å². The summed E-state index contributed by atoms with van der Waals surface area (Å²) in [5, 5.41) is 0. The lowest BCUT2D eigenvalue weighted by molar-refractivity contribution is 0.101. The SMILES string of the molecule is CC(=O)c1ccc(C#Cc2cc(C#Cc3cc(C#Cc4cc(C(C)(C)C)cc(C(C)(C)C)c4)cc(C#Cc4cc(C(C)(C)C)cc(C(C)(C)C)c4)c3)cc(C#Cc3cc(C#Cc4cc(C(C)(C)C)cc(C(C)(C)C)c4)cc(C#Cc4cc(C(C)(C)C)cc(C(C)(C)C)c4)c3)c2)cc1. The van der Waals surface area contributed by atoms with Crippen LogP contribution in [-0.4, -0.2) is 5.78 Å². The molecule has 0 saturated carbocycles. The molecule has 0 aromatic heterocycles. The monoisotopic (exact) mass is 1270 g/mol. The van der Waals surface area contributed by atoms with Crippen LogP contribution in [0.15, 0.2) is 152 Å². The molecule has 0 atom stereocenters. The number of carbonyl (C=O) groups excluding carboxylic acids is 1. The highest BCUT2D eigenvalue weighted by molar-refractivity contribution is 5.94. The highest BCUT2D eigenvalue weighted by Gasteiger charge is 2.25. The smallest absolute Gasteiger partial charge is 0.159 e. The Bertz CT molecular complexity index is 4220. The van der Waals surface area contributed by atoms with Gasteiger partial charge < -0.3 is 0 Å². The molecule has 0 bridgehead atoms. The van der Waals surface area contributed by atoms with Crippen LogP contribution in [0.2, 0.25) is 0 Å². The molecule has 0 amide bonds. The van der Waals surface area contributed by atoms with Crippen molar-refractivity contribution < 1.29 is 4.79 Å². The highest BCUT2D eigenvalue weighted by Crippen LogP contribution is 2.35. The number of benzene rings is 8. The van der Waals surface area contributed by atoms with Crippen LogP contribution in [0.5, 0.6) is 0 Å². The predicted molar refractivity (Wildman–Crippen MR) is 413 cm³/mol. The lowest BCUT2D eigenvalue weighted by Gasteiger charge is -2.25. The number of ketones is 1. The van der Waals surface area contributed by atoms with E-state index in [1.165, 1.54) is 44.5 Å². The zero-order valence-corrected chi connectivity index (χ0v) is 62.8. The van der Waals surface area contributed by atoms with Gasteiger partial charge >= 0.3 is 0 Å². The molecule has 0 aliphatic heterocycles. The van der Waals surface area contributed by atoms with E-state index >= 15 is 0 Å². The van der Waals surface area contributed by atoms with Crippen molar-refractivity contribution in [3.63, 3.8) is 0 Å². The normalized spacial score (nSPS) is 11.8. The van der Waals surface area contributed by atoms with Gasteiger partial charge in [0, 0.05) is 83.5 Å². The van der Waals surface area contributed by atoms with E-state index in [-0.39, 0.29) is 49.1 Å². The quantitative estimate of drug-likeness (QED) is 0.118. The number of carbonyl (C=O) groups is 1. The van der Waals surface area contributed by atoms with Crippen LogP contribution in [0.1, 0.15) is 306 Å². The van der Waals surface area contributed by atoms with Gasteiger partial charge in [-0.25, -0.2) is 0 Å².